The third-order valence-electron chi connectivity index (χ3n) is 1.77. The molecule has 0 heterocycles. The van der Waals surface area contributed by atoms with Gasteiger partial charge in [0.05, 0.1) is 6.61 Å². The summed E-state index contributed by atoms with van der Waals surface area (Å²) in [5.74, 6) is 0. The lowest BCUT2D eigenvalue weighted by Gasteiger charge is -2.11. The van der Waals surface area contributed by atoms with E-state index in [0.717, 1.165) is 0 Å². The van der Waals surface area contributed by atoms with Gasteiger partial charge in [0, 0.05) is 0 Å². The van der Waals surface area contributed by atoms with Crippen LogP contribution in [0, 0.1) is 50.6 Å². The molecule has 0 spiro atoms. The molecule has 0 aliphatic carbocycles. The molecule has 0 saturated carbocycles. The Morgan fingerprint density at radius 2 is 0.931 bits per heavy atom. The van der Waals surface area contributed by atoms with E-state index in [2.05, 4.69) is 24.2 Å². The van der Waals surface area contributed by atoms with Crippen molar-refractivity contribution in [2.75, 3.05) is 26.4 Å². The van der Waals surface area contributed by atoms with Gasteiger partial charge in [-0.15, -0.1) is 50.6 Å². The first-order valence-electron chi connectivity index (χ1n) is 6.03. The van der Waals surface area contributed by atoms with Gasteiger partial charge in [0.15, 0.2) is 12.2 Å². The highest BCUT2D eigenvalue weighted by Crippen LogP contribution is 1.96. The van der Waals surface area contributed by atoms with Gasteiger partial charge in [-0.25, -0.2) is 0 Å². The molecule has 0 radical (unpaired) electrons. The quantitative estimate of drug-likeness (QED) is 0.217. The maximum Gasteiger partial charge on any atom is 1.00 e. The molecule has 0 rings (SSSR count). The van der Waals surface area contributed by atoms with E-state index >= 15 is 0 Å². The van der Waals surface area contributed by atoms with Gasteiger partial charge in [0.2, 0.25) is 0 Å². The Bertz CT molecular complexity index is 503. The van der Waals surface area contributed by atoms with Crippen molar-refractivity contribution in [2.24, 2.45) is 0 Å². The molecule has 0 amide bonds. The predicted octanol–water partition coefficient (Wildman–Crippen LogP) is -2.33. The number of hydrogen-bond acceptors (Lipinski definition) is 16. The van der Waals surface area contributed by atoms with Crippen molar-refractivity contribution >= 4 is 0 Å². The van der Waals surface area contributed by atoms with E-state index in [1.54, 1.807) is 0 Å². The molecule has 0 bridgehead atoms. The summed E-state index contributed by atoms with van der Waals surface area (Å²) in [5, 5.41) is 50.8. The largest absolute Gasteiger partial charge is 1.00 e. The fourth-order valence-corrected chi connectivity index (χ4v) is 0.901. The van der Waals surface area contributed by atoms with Crippen LogP contribution in [-0.4, -0.2) is 74.7 Å². The topological polar surface area (TPSA) is 314 Å². The summed E-state index contributed by atoms with van der Waals surface area (Å²) in [7, 11) is 0. The van der Waals surface area contributed by atoms with Crippen molar-refractivity contribution in [3.05, 3.63) is 50.6 Å². The van der Waals surface area contributed by atoms with Gasteiger partial charge in [0.1, 0.15) is 19.8 Å². The van der Waals surface area contributed by atoms with Gasteiger partial charge >= 0.3 is 1.43 Å². The van der Waals surface area contributed by atoms with Crippen LogP contribution in [0.4, 0.5) is 0 Å². The van der Waals surface area contributed by atoms with Gasteiger partial charge in [-0.05, 0) is 0 Å². The average Bonchev–Trinajstić information content (AvgIpc) is 2.53. The van der Waals surface area contributed by atoms with Gasteiger partial charge in [-0.3, -0.25) is 0 Å². The molecule has 0 fully saturated rings. The first-order valence-corrected chi connectivity index (χ1v) is 6.03. The Morgan fingerprint density at radius 3 is 1.17 bits per heavy atom. The molecule has 3 N–H and O–H groups in total. The van der Waals surface area contributed by atoms with Crippen molar-refractivity contribution in [1.82, 2.24) is 0 Å². The number of aliphatic hydroxyl groups is 1. The zero-order valence-corrected chi connectivity index (χ0v) is 13.3. The number of nitrogens with zero attached hydrogens (tertiary/aromatic N) is 5. The lowest BCUT2D eigenvalue weighted by atomic mass is 10.4. The van der Waals surface area contributed by atoms with Crippen LogP contribution in [0.3, 0.4) is 0 Å². The molecule has 22 nitrogen and oxygen atoms in total. The predicted molar refractivity (Wildman–Crippen MR) is 81.1 cm³/mol. The molecule has 22 heteroatoms. The van der Waals surface area contributed by atoms with Crippen LogP contribution in [0.1, 0.15) is 8.85 Å². The second-order valence-corrected chi connectivity index (χ2v) is 3.64. The van der Waals surface area contributed by atoms with Crippen molar-refractivity contribution in [2.45, 2.75) is 19.6 Å². The Hall–Kier alpha value is -4.08. The first-order chi connectivity index (χ1) is 12.5. The van der Waals surface area contributed by atoms with Gasteiger partial charge in [0.25, 0.3) is 25.4 Å². The Kier molecular flexibility index (Phi) is 21.0. The van der Waals surface area contributed by atoms with Crippen LogP contribution in [-0.2, 0) is 24.2 Å². The molecule has 1 atom stereocenters. The fraction of sp³-hybridized carbons (Fsp3) is 1.00. The molecule has 172 valence electrons. The lowest BCUT2D eigenvalue weighted by Crippen LogP contribution is -2.30. The van der Waals surface area contributed by atoms with Gasteiger partial charge in [-0.1, -0.05) is 7.43 Å². The molecule has 1 unspecified atom stereocenters. The SMILES string of the molecule is C.O.O=[N+]([O-])OCC(CO)O[N+](=O)[O-].O=[N+]([O-])OCC(CO[N+](=O)[O-])O[N+](=O)[O-].[H+]. The summed E-state index contributed by atoms with van der Waals surface area (Å²) < 4.78 is 0. The maximum absolute atomic E-state index is 9.83. The van der Waals surface area contributed by atoms with Gasteiger partial charge in [-0.2, -0.15) is 0 Å². The van der Waals surface area contributed by atoms with E-state index in [-0.39, 0.29) is 14.3 Å². The van der Waals surface area contributed by atoms with Crippen LogP contribution in [0.15, 0.2) is 0 Å². The second-order valence-electron chi connectivity index (χ2n) is 3.64. The fourth-order valence-electron chi connectivity index (χ4n) is 0.901. The van der Waals surface area contributed by atoms with Crippen LogP contribution < -0.4 is 0 Å². The zero-order chi connectivity index (χ0) is 21.4. The summed E-state index contributed by atoms with van der Waals surface area (Å²) in [6.07, 6.45) is -2.87. The number of rotatable bonds is 14. The van der Waals surface area contributed by atoms with E-state index in [1.807, 2.05) is 0 Å². The number of aliphatic hydroxyl groups excluding tert-OH is 1. The second kappa shape index (κ2) is 18.7. The highest BCUT2D eigenvalue weighted by atomic mass is 17.0. The minimum atomic E-state index is -1.55. The van der Waals surface area contributed by atoms with E-state index < -0.39 is 64.1 Å². The van der Waals surface area contributed by atoms with Crippen LogP contribution in [0.2, 0.25) is 0 Å². The van der Waals surface area contributed by atoms with Crippen molar-refractivity contribution < 1.29 is 61.6 Å². The molecular formula is C7H18N5O17+. The third kappa shape index (κ3) is 26.3. The number of hydrogen-bond donors (Lipinski definition) is 1. The summed E-state index contributed by atoms with van der Waals surface area (Å²) >= 11 is 0. The van der Waals surface area contributed by atoms with E-state index in [0.29, 0.717) is 0 Å². The standard InChI is InChI=1S/C3H5N3O9.C3H6N2O7.CH4.H2O/c7-4(8)13-1-3(15-6(11)12)2-14-5(9)10;6-1-3(12-5(9)10)2-11-4(7)8;;/h3H,1-2H2;3,6H,1-2H2;1H4;1H2/p+1. The summed E-state index contributed by atoms with van der Waals surface area (Å²) in [5.41, 5.74) is 0. The van der Waals surface area contributed by atoms with Crippen molar-refractivity contribution in [3.63, 3.8) is 0 Å². The summed E-state index contributed by atoms with van der Waals surface area (Å²) in [6, 6.07) is 0. The van der Waals surface area contributed by atoms with Crippen molar-refractivity contribution in [1.29, 1.82) is 0 Å². The third-order valence-corrected chi connectivity index (χ3v) is 1.77. The lowest BCUT2D eigenvalue weighted by molar-refractivity contribution is -0.803. The smallest absolute Gasteiger partial charge is 0.412 e. The highest BCUT2D eigenvalue weighted by Gasteiger charge is 2.17. The monoisotopic (exact) mass is 444 g/mol. The molecular weight excluding hydrogens is 426 g/mol. The van der Waals surface area contributed by atoms with E-state index in [4.69, 9.17) is 5.11 Å². The minimum absolute atomic E-state index is 0. The molecule has 0 aliphatic rings. The van der Waals surface area contributed by atoms with E-state index in [1.165, 1.54) is 0 Å². The Labute approximate surface area is 159 Å². The summed E-state index contributed by atoms with van der Waals surface area (Å²) in [4.78, 5) is 67.3. The zero-order valence-electron chi connectivity index (χ0n) is 14.3. The molecule has 0 saturated heterocycles. The molecule has 0 aromatic heterocycles. The minimum Gasteiger partial charge on any atom is -0.412 e. The highest BCUT2D eigenvalue weighted by molar-refractivity contribution is 4.49. The molecule has 0 aliphatic heterocycles. The van der Waals surface area contributed by atoms with Crippen LogP contribution in [0.25, 0.3) is 0 Å². The van der Waals surface area contributed by atoms with Crippen LogP contribution >= 0.6 is 0 Å². The molecule has 0 aromatic rings. The molecule has 29 heavy (non-hydrogen) atoms. The normalized spacial score (nSPS) is 9.72. The van der Waals surface area contributed by atoms with Crippen molar-refractivity contribution in [3.8, 4) is 0 Å². The summed E-state index contributed by atoms with van der Waals surface area (Å²) in [6.45, 7) is -3.09. The van der Waals surface area contributed by atoms with Gasteiger partial charge < -0.3 is 34.8 Å². The Morgan fingerprint density at radius 1 is 0.655 bits per heavy atom. The van der Waals surface area contributed by atoms with Crippen LogP contribution in [0.5, 0.6) is 0 Å². The Balaban J connectivity index is -0.000000129. The molecule has 0 aromatic carbocycles. The van der Waals surface area contributed by atoms with E-state index in [9.17, 15) is 50.6 Å². The maximum atomic E-state index is 9.83. The average molecular weight is 444 g/mol. The first kappa shape index (κ1) is 32.6.